The SMILES string of the molecule is O=C(Nc1cc(-c2cscn2)cc2c1C(c1cc(F)ccc1Cl)NC2=O)c1cc(F)cc(C(F)(F)F)c1. The van der Waals surface area contributed by atoms with Gasteiger partial charge in [0.2, 0.25) is 0 Å². The van der Waals surface area contributed by atoms with E-state index in [1.165, 1.54) is 29.5 Å². The van der Waals surface area contributed by atoms with Gasteiger partial charge in [0.1, 0.15) is 11.6 Å². The second kappa shape index (κ2) is 9.24. The zero-order valence-corrected chi connectivity index (χ0v) is 19.9. The quantitative estimate of drug-likeness (QED) is 0.274. The number of aromatic nitrogens is 1. The van der Waals surface area contributed by atoms with Gasteiger partial charge in [-0.3, -0.25) is 9.59 Å². The van der Waals surface area contributed by atoms with E-state index in [1.54, 1.807) is 10.9 Å². The minimum atomic E-state index is -4.88. The molecule has 2 N–H and O–H groups in total. The van der Waals surface area contributed by atoms with E-state index >= 15 is 0 Å². The second-order valence-electron chi connectivity index (χ2n) is 8.11. The molecule has 2 heterocycles. The standard InChI is InChI=1S/C25H13ClF5N3O2S/c26-18-2-1-14(27)8-16(18)22-21-17(24(36)34-22)5-11(20-9-37-10-32-20)6-19(21)33-23(35)12-3-13(25(29,30)31)7-15(28)4-12/h1-10,22H,(H,33,35)(H,34,36). The number of hydrogen-bond donors (Lipinski definition) is 2. The van der Waals surface area contributed by atoms with E-state index < -0.39 is 46.8 Å². The van der Waals surface area contributed by atoms with Crippen LogP contribution in [0, 0.1) is 11.6 Å². The first-order chi connectivity index (χ1) is 17.5. The van der Waals surface area contributed by atoms with Crippen LogP contribution in [0.4, 0.5) is 27.6 Å². The van der Waals surface area contributed by atoms with Crippen LogP contribution < -0.4 is 10.6 Å². The molecule has 2 amide bonds. The Balaban J connectivity index is 1.65. The maximum Gasteiger partial charge on any atom is 0.416 e. The molecule has 1 unspecified atom stereocenters. The van der Waals surface area contributed by atoms with Gasteiger partial charge < -0.3 is 10.6 Å². The number of benzene rings is 3. The molecule has 1 aliphatic heterocycles. The predicted molar refractivity (Wildman–Crippen MR) is 128 cm³/mol. The molecule has 0 radical (unpaired) electrons. The Morgan fingerprint density at radius 2 is 1.84 bits per heavy atom. The minimum absolute atomic E-state index is 0.0343. The highest BCUT2D eigenvalue weighted by atomic mass is 35.5. The minimum Gasteiger partial charge on any atom is -0.341 e. The van der Waals surface area contributed by atoms with Crippen LogP contribution in [-0.4, -0.2) is 16.8 Å². The van der Waals surface area contributed by atoms with Crippen LogP contribution >= 0.6 is 22.9 Å². The summed E-state index contributed by atoms with van der Waals surface area (Å²) in [4.78, 5) is 30.2. The van der Waals surface area contributed by atoms with E-state index in [0.29, 0.717) is 23.4 Å². The second-order valence-corrected chi connectivity index (χ2v) is 9.24. The first-order valence-electron chi connectivity index (χ1n) is 10.5. The van der Waals surface area contributed by atoms with Crippen LogP contribution in [0.5, 0.6) is 0 Å². The molecule has 4 aromatic rings. The third-order valence-electron chi connectivity index (χ3n) is 5.72. The highest BCUT2D eigenvalue weighted by molar-refractivity contribution is 7.07. The lowest BCUT2D eigenvalue weighted by Crippen LogP contribution is -2.21. The van der Waals surface area contributed by atoms with E-state index in [9.17, 15) is 31.5 Å². The Kier molecular flexibility index (Phi) is 6.20. The monoisotopic (exact) mass is 549 g/mol. The number of alkyl halides is 3. The first kappa shape index (κ1) is 24.8. The highest BCUT2D eigenvalue weighted by Crippen LogP contribution is 2.42. The molecule has 0 saturated carbocycles. The summed E-state index contributed by atoms with van der Waals surface area (Å²) in [6.45, 7) is 0. The van der Waals surface area contributed by atoms with E-state index in [4.69, 9.17) is 11.6 Å². The molecule has 1 aromatic heterocycles. The van der Waals surface area contributed by atoms with Crippen LogP contribution in [0.25, 0.3) is 11.3 Å². The number of carbonyl (C=O) groups excluding carboxylic acids is 2. The van der Waals surface area contributed by atoms with Gasteiger partial charge in [0, 0.05) is 43.9 Å². The number of hydrogen-bond acceptors (Lipinski definition) is 4. The van der Waals surface area contributed by atoms with Gasteiger partial charge in [-0.05, 0) is 48.5 Å². The average molecular weight is 550 g/mol. The summed E-state index contributed by atoms with van der Waals surface area (Å²) in [7, 11) is 0. The van der Waals surface area contributed by atoms with Crippen LogP contribution in [-0.2, 0) is 6.18 Å². The highest BCUT2D eigenvalue weighted by Gasteiger charge is 2.36. The molecule has 5 nitrogen and oxygen atoms in total. The maximum absolute atomic E-state index is 14.1. The molecular formula is C25H13ClF5N3O2S. The topological polar surface area (TPSA) is 71.1 Å². The summed E-state index contributed by atoms with van der Waals surface area (Å²) >= 11 is 7.56. The van der Waals surface area contributed by atoms with Gasteiger partial charge in [0.25, 0.3) is 11.8 Å². The van der Waals surface area contributed by atoms with Gasteiger partial charge >= 0.3 is 6.18 Å². The molecule has 1 aliphatic rings. The van der Waals surface area contributed by atoms with Crippen LogP contribution in [0.2, 0.25) is 5.02 Å². The number of anilines is 1. The molecule has 1 atom stereocenters. The van der Waals surface area contributed by atoms with E-state index in [1.807, 2.05) is 0 Å². The number of halogens is 6. The van der Waals surface area contributed by atoms with Gasteiger partial charge in [0.05, 0.1) is 22.8 Å². The molecule has 3 aromatic carbocycles. The summed E-state index contributed by atoms with van der Waals surface area (Å²) in [6, 6.07) is 7.08. The fourth-order valence-electron chi connectivity index (χ4n) is 4.09. The van der Waals surface area contributed by atoms with Gasteiger partial charge in [0.15, 0.2) is 0 Å². The predicted octanol–water partition coefficient (Wildman–Crippen LogP) is 6.85. The Morgan fingerprint density at radius 1 is 1.05 bits per heavy atom. The Bertz CT molecular complexity index is 1560. The number of nitrogens with zero attached hydrogens (tertiary/aromatic N) is 1. The summed E-state index contributed by atoms with van der Waals surface area (Å²) < 4.78 is 67.6. The smallest absolute Gasteiger partial charge is 0.341 e. The molecule has 0 bridgehead atoms. The lowest BCUT2D eigenvalue weighted by Gasteiger charge is -2.19. The van der Waals surface area contributed by atoms with Crippen molar-refractivity contribution in [1.82, 2.24) is 10.3 Å². The average Bonchev–Trinajstić information content (AvgIpc) is 3.48. The van der Waals surface area contributed by atoms with Crippen molar-refractivity contribution in [2.75, 3.05) is 5.32 Å². The Labute approximate surface area is 214 Å². The van der Waals surface area contributed by atoms with Crippen molar-refractivity contribution in [3.63, 3.8) is 0 Å². The van der Waals surface area contributed by atoms with Crippen molar-refractivity contribution in [3.8, 4) is 11.3 Å². The Hall–Kier alpha value is -3.83. The van der Waals surface area contributed by atoms with Crippen molar-refractivity contribution in [2.24, 2.45) is 0 Å². The number of thiazole rings is 1. The largest absolute Gasteiger partial charge is 0.416 e. The maximum atomic E-state index is 14.1. The number of carbonyl (C=O) groups is 2. The lowest BCUT2D eigenvalue weighted by molar-refractivity contribution is -0.137. The van der Waals surface area contributed by atoms with Gasteiger partial charge in [-0.1, -0.05) is 11.6 Å². The van der Waals surface area contributed by atoms with Gasteiger partial charge in [-0.15, -0.1) is 11.3 Å². The zero-order valence-electron chi connectivity index (χ0n) is 18.3. The fourth-order valence-corrected chi connectivity index (χ4v) is 4.88. The molecular weight excluding hydrogens is 537 g/mol. The zero-order chi connectivity index (χ0) is 26.5. The summed E-state index contributed by atoms with van der Waals surface area (Å²) in [5.74, 6) is -3.46. The van der Waals surface area contributed by atoms with Crippen LogP contribution in [0.1, 0.15) is 43.4 Å². The molecule has 0 saturated heterocycles. The molecule has 37 heavy (non-hydrogen) atoms. The van der Waals surface area contributed by atoms with Crippen molar-refractivity contribution >= 4 is 40.4 Å². The Morgan fingerprint density at radius 3 is 2.54 bits per heavy atom. The normalized spacial score (nSPS) is 14.9. The van der Waals surface area contributed by atoms with Crippen molar-refractivity contribution in [1.29, 1.82) is 0 Å². The molecule has 5 rings (SSSR count). The molecule has 0 aliphatic carbocycles. The third-order valence-corrected chi connectivity index (χ3v) is 6.65. The summed E-state index contributed by atoms with van der Waals surface area (Å²) in [5.41, 5.74) is 1.14. The number of fused-ring (bicyclic) bond motifs is 1. The summed E-state index contributed by atoms with van der Waals surface area (Å²) in [5, 5.41) is 7.03. The molecule has 188 valence electrons. The fraction of sp³-hybridized carbons (Fsp3) is 0.0800. The number of amides is 2. The number of nitrogens with one attached hydrogen (secondary N) is 2. The molecule has 12 heteroatoms. The lowest BCUT2D eigenvalue weighted by atomic mass is 9.93. The van der Waals surface area contributed by atoms with Gasteiger partial charge in [-0.2, -0.15) is 13.2 Å². The van der Waals surface area contributed by atoms with Crippen molar-refractivity contribution in [3.05, 3.63) is 104 Å². The van der Waals surface area contributed by atoms with Crippen molar-refractivity contribution in [2.45, 2.75) is 12.2 Å². The van der Waals surface area contributed by atoms with E-state index in [2.05, 4.69) is 15.6 Å². The molecule has 0 fully saturated rings. The third kappa shape index (κ3) is 4.79. The molecule has 0 spiro atoms. The number of rotatable bonds is 4. The van der Waals surface area contributed by atoms with E-state index in [-0.39, 0.29) is 33.5 Å². The first-order valence-corrected chi connectivity index (χ1v) is 11.8. The van der Waals surface area contributed by atoms with E-state index in [0.717, 1.165) is 12.1 Å². The van der Waals surface area contributed by atoms with Crippen LogP contribution in [0.3, 0.4) is 0 Å². The van der Waals surface area contributed by atoms with Crippen molar-refractivity contribution < 1.29 is 31.5 Å². The summed E-state index contributed by atoms with van der Waals surface area (Å²) in [6.07, 6.45) is -4.88. The van der Waals surface area contributed by atoms with Crippen LogP contribution in [0.15, 0.2) is 59.4 Å². The van der Waals surface area contributed by atoms with Gasteiger partial charge in [-0.25, -0.2) is 13.8 Å².